The molecule has 36 heavy (non-hydrogen) atoms. The number of ketones is 1. The number of anilines is 1. The van der Waals surface area contributed by atoms with Gasteiger partial charge in [0.25, 0.3) is 11.7 Å². The second-order valence-electron chi connectivity index (χ2n) is 8.60. The second-order valence-corrected chi connectivity index (χ2v) is 8.60. The van der Waals surface area contributed by atoms with Crippen molar-refractivity contribution in [3.8, 4) is 5.75 Å². The molecule has 180 valence electrons. The van der Waals surface area contributed by atoms with Crippen molar-refractivity contribution in [1.29, 1.82) is 0 Å². The molecule has 1 aromatic heterocycles. The number of aliphatic hydroxyl groups is 1. The fourth-order valence-electron chi connectivity index (χ4n) is 4.63. The molecule has 0 aliphatic carbocycles. The van der Waals surface area contributed by atoms with Crippen LogP contribution in [0.1, 0.15) is 36.6 Å². The van der Waals surface area contributed by atoms with Crippen LogP contribution in [0, 0.1) is 0 Å². The summed E-state index contributed by atoms with van der Waals surface area (Å²) in [5, 5.41) is 12.2. The highest BCUT2D eigenvalue weighted by molar-refractivity contribution is 6.51. The maximum Gasteiger partial charge on any atom is 0.308 e. The number of H-pyrrole nitrogens is 1. The average molecular weight is 481 g/mol. The predicted molar refractivity (Wildman–Crippen MR) is 137 cm³/mol. The summed E-state index contributed by atoms with van der Waals surface area (Å²) in [5.74, 6) is -2.03. The Bertz CT molecular complexity index is 1530. The Morgan fingerprint density at radius 3 is 2.50 bits per heavy atom. The van der Waals surface area contributed by atoms with Gasteiger partial charge >= 0.3 is 5.97 Å². The zero-order valence-electron chi connectivity index (χ0n) is 19.8. The standard InChI is InChI=1S/C29H24N2O5/c1-3-18-11-13-20(14-12-18)31-26(19-7-6-8-21(15-19)36-17(2)32)25(28(34)29(31)35)27(33)23-16-30-24-10-5-4-9-22(23)24/h4-16,26,30,33H,3H2,1-2H3/b27-25-. The first kappa shape index (κ1) is 23.1. The number of fused-ring (bicyclic) bond motifs is 1. The minimum Gasteiger partial charge on any atom is -0.507 e. The third-order valence-corrected chi connectivity index (χ3v) is 6.35. The molecule has 7 heteroatoms. The number of carbonyl (C=O) groups is 3. The van der Waals surface area contributed by atoms with Crippen LogP contribution >= 0.6 is 0 Å². The maximum atomic E-state index is 13.4. The summed E-state index contributed by atoms with van der Waals surface area (Å²) in [4.78, 5) is 42.9. The molecule has 3 aromatic carbocycles. The molecule has 7 nitrogen and oxygen atoms in total. The summed E-state index contributed by atoms with van der Waals surface area (Å²) in [6, 6.07) is 20.5. The van der Waals surface area contributed by atoms with E-state index in [0.717, 1.165) is 22.9 Å². The number of Topliss-reactive ketones (excluding diaryl/α,β-unsaturated/α-hetero) is 1. The molecule has 2 heterocycles. The highest BCUT2D eigenvalue weighted by atomic mass is 16.5. The lowest BCUT2D eigenvalue weighted by Gasteiger charge is -2.26. The summed E-state index contributed by atoms with van der Waals surface area (Å²) in [6.45, 7) is 3.33. The van der Waals surface area contributed by atoms with E-state index in [0.29, 0.717) is 16.8 Å². The van der Waals surface area contributed by atoms with Crippen LogP contribution in [0.4, 0.5) is 5.69 Å². The number of aryl methyl sites for hydroxylation is 1. The predicted octanol–water partition coefficient (Wildman–Crippen LogP) is 5.28. The van der Waals surface area contributed by atoms with E-state index >= 15 is 0 Å². The lowest BCUT2D eigenvalue weighted by molar-refractivity contribution is -0.132. The Morgan fingerprint density at radius 2 is 1.78 bits per heavy atom. The van der Waals surface area contributed by atoms with Crippen molar-refractivity contribution >= 4 is 40.0 Å². The zero-order valence-corrected chi connectivity index (χ0v) is 19.8. The molecular formula is C29H24N2O5. The number of carbonyl (C=O) groups excluding carboxylic acids is 3. The van der Waals surface area contributed by atoms with Crippen LogP contribution in [0.5, 0.6) is 5.75 Å². The van der Waals surface area contributed by atoms with Crippen LogP contribution in [0.25, 0.3) is 16.7 Å². The number of ether oxygens (including phenoxy) is 1. The Labute approximate surface area is 207 Å². The van der Waals surface area contributed by atoms with Crippen LogP contribution in [-0.4, -0.2) is 27.8 Å². The molecule has 1 fully saturated rings. The number of hydrogen-bond acceptors (Lipinski definition) is 5. The van der Waals surface area contributed by atoms with E-state index in [9.17, 15) is 19.5 Å². The number of nitrogens with one attached hydrogen (secondary N) is 1. The number of para-hydroxylation sites is 1. The molecular weight excluding hydrogens is 456 g/mol. The summed E-state index contributed by atoms with van der Waals surface area (Å²) < 4.78 is 5.25. The molecule has 5 rings (SSSR count). The Hall–Kier alpha value is -4.65. The maximum absolute atomic E-state index is 13.4. The smallest absolute Gasteiger partial charge is 0.308 e. The lowest BCUT2D eigenvalue weighted by Crippen LogP contribution is -2.29. The quantitative estimate of drug-likeness (QED) is 0.133. The van der Waals surface area contributed by atoms with Gasteiger partial charge in [-0.15, -0.1) is 0 Å². The molecule has 1 saturated heterocycles. The first-order valence-corrected chi connectivity index (χ1v) is 11.6. The first-order valence-electron chi connectivity index (χ1n) is 11.6. The number of nitrogens with zero attached hydrogens (tertiary/aromatic N) is 1. The van der Waals surface area contributed by atoms with Crippen molar-refractivity contribution in [3.63, 3.8) is 0 Å². The van der Waals surface area contributed by atoms with Gasteiger partial charge in [-0.25, -0.2) is 0 Å². The molecule has 2 N–H and O–H groups in total. The Morgan fingerprint density at radius 1 is 1.03 bits per heavy atom. The topological polar surface area (TPSA) is 99.7 Å². The number of aromatic nitrogens is 1. The normalized spacial score (nSPS) is 17.1. The lowest BCUT2D eigenvalue weighted by atomic mass is 9.94. The van der Waals surface area contributed by atoms with Crippen LogP contribution in [-0.2, 0) is 20.8 Å². The highest BCUT2D eigenvalue weighted by Gasteiger charge is 2.47. The van der Waals surface area contributed by atoms with Crippen molar-refractivity contribution in [2.24, 2.45) is 0 Å². The third-order valence-electron chi connectivity index (χ3n) is 6.35. The molecule has 0 spiro atoms. The van der Waals surface area contributed by atoms with Crippen LogP contribution < -0.4 is 9.64 Å². The average Bonchev–Trinajstić information content (AvgIpc) is 3.42. The van der Waals surface area contributed by atoms with Gasteiger partial charge in [0.15, 0.2) is 0 Å². The minimum absolute atomic E-state index is 0.0377. The van der Waals surface area contributed by atoms with Crippen molar-refractivity contribution in [2.45, 2.75) is 26.3 Å². The molecule has 1 aliphatic rings. The number of amides is 1. The van der Waals surface area contributed by atoms with Gasteiger partial charge < -0.3 is 14.8 Å². The van der Waals surface area contributed by atoms with E-state index in [1.54, 1.807) is 42.6 Å². The second kappa shape index (κ2) is 9.19. The number of benzene rings is 3. The Kier molecular flexibility index (Phi) is 5.90. The van der Waals surface area contributed by atoms with Crippen molar-refractivity contribution in [1.82, 2.24) is 4.98 Å². The molecule has 1 atom stereocenters. The van der Waals surface area contributed by atoms with Crippen LogP contribution in [0.3, 0.4) is 0 Å². The number of esters is 1. The van der Waals surface area contributed by atoms with Gasteiger partial charge in [0, 0.05) is 35.3 Å². The number of aromatic amines is 1. The molecule has 4 aromatic rings. The molecule has 1 aliphatic heterocycles. The van der Waals surface area contributed by atoms with Gasteiger partial charge in [-0.1, -0.05) is 49.4 Å². The summed E-state index contributed by atoms with van der Waals surface area (Å²) in [5.41, 5.74) is 3.30. The number of hydrogen-bond donors (Lipinski definition) is 2. The highest BCUT2D eigenvalue weighted by Crippen LogP contribution is 2.43. The van der Waals surface area contributed by atoms with E-state index in [2.05, 4.69) is 4.98 Å². The van der Waals surface area contributed by atoms with E-state index in [-0.39, 0.29) is 17.1 Å². The number of rotatable bonds is 5. The van der Waals surface area contributed by atoms with Crippen molar-refractivity contribution in [3.05, 3.63) is 101 Å². The zero-order chi connectivity index (χ0) is 25.4. The molecule has 1 amide bonds. The van der Waals surface area contributed by atoms with E-state index in [1.165, 1.54) is 11.8 Å². The summed E-state index contributed by atoms with van der Waals surface area (Å²) in [7, 11) is 0. The minimum atomic E-state index is -0.929. The molecule has 0 radical (unpaired) electrons. The third kappa shape index (κ3) is 3.94. The van der Waals surface area contributed by atoms with Crippen molar-refractivity contribution in [2.75, 3.05) is 4.90 Å². The van der Waals surface area contributed by atoms with E-state index in [4.69, 9.17) is 4.74 Å². The largest absolute Gasteiger partial charge is 0.507 e. The van der Waals surface area contributed by atoms with Gasteiger partial charge in [0.1, 0.15) is 11.5 Å². The number of aliphatic hydroxyl groups excluding tert-OH is 1. The molecule has 0 bridgehead atoms. The molecule has 1 unspecified atom stereocenters. The van der Waals surface area contributed by atoms with Gasteiger partial charge in [0.05, 0.1) is 11.6 Å². The van der Waals surface area contributed by atoms with Crippen LogP contribution in [0.2, 0.25) is 0 Å². The monoisotopic (exact) mass is 480 g/mol. The van der Waals surface area contributed by atoms with Gasteiger partial charge in [0.2, 0.25) is 0 Å². The summed E-state index contributed by atoms with van der Waals surface area (Å²) in [6.07, 6.45) is 2.45. The fraction of sp³-hybridized carbons (Fsp3) is 0.138. The van der Waals surface area contributed by atoms with Gasteiger partial charge in [-0.05, 0) is 47.9 Å². The van der Waals surface area contributed by atoms with Gasteiger partial charge in [-0.3, -0.25) is 19.3 Å². The molecule has 0 saturated carbocycles. The van der Waals surface area contributed by atoms with Crippen molar-refractivity contribution < 1.29 is 24.2 Å². The van der Waals surface area contributed by atoms with Crippen LogP contribution in [0.15, 0.2) is 84.6 Å². The summed E-state index contributed by atoms with van der Waals surface area (Å²) >= 11 is 0. The first-order chi connectivity index (χ1) is 17.4. The van der Waals surface area contributed by atoms with E-state index < -0.39 is 23.7 Å². The van der Waals surface area contributed by atoms with Gasteiger partial charge in [-0.2, -0.15) is 0 Å². The fourth-order valence-corrected chi connectivity index (χ4v) is 4.63. The SMILES string of the molecule is CCc1ccc(N2C(=O)C(=O)/C(=C(\O)c3c[nH]c4ccccc34)C2c2cccc(OC(C)=O)c2)cc1. The van der Waals surface area contributed by atoms with E-state index in [1.807, 2.05) is 43.3 Å². The Balaban J connectivity index is 1.73.